The van der Waals surface area contributed by atoms with Crippen LogP contribution in [0.5, 0.6) is 0 Å². The minimum atomic E-state index is -4.85. The summed E-state index contributed by atoms with van der Waals surface area (Å²) in [6, 6.07) is 0. The molecule has 0 aliphatic rings. The third kappa shape index (κ3) is 4.64. The second-order valence-corrected chi connectivity index (χ2v) is 7.81. The summed E-state index contributed by atoms with van der Waals surface area (Å²) in [5.74, 6) is -9.49. The van der Waals surface area contributed by atoms with Crippen LogP contribution in [0.25, 0.3) is 0 Å². The first-order valence-corrected chi connectivity index (χ1v) is 8.28. The van der Waals surface area contributed by atoms with Crippen LogP contribution >= 0.6 is 15.9 Å². The number of carbonyl (C=O) groups is 1. The Kier molecular flexibility index (Phi) is 5.81. The van der Waals surface area contributed by atoms with Gasteiger partial charge >= 0.3 is 5.97 Å². The number of benzene rings is 1. The van der Waals surface area contributed by atoms with Crippen molar-refractivity contribution >= 4 is 31.9 Å². The van der Waals surface area contributed by atoms with Crippen LogP contribution in [-0.4, -0.2) is 26.5 Å². The molecule has 0 aliphatic carbocycles. The van der Waals surface area contributed by atoms with Crippen molar-refractivity contribution in [2.75, 3.05) is 6.54 Å². The van der Waals surface area contributed by atoms with Crippen molar-refractivity contribution in [3.05, 3.63) is 27.7 Å². The Balaban J connectivity index is 3.14. The summed E-state index contributed by atoms with van der Waals surface area (Å²) in [4.78, 5) is 9.94. The minimum Gasteiger partial charge on any atom is -0.459 e. The normalized spacial score (nSPS) is 12.3. The molecule has 0 atom stereocenters. The predicted octanol–water partition coefficient (Wildman–Crippen LogP) is 2.63. The summed E-state index contributed by atoms with van der Waals surface area (Å²) < 4.78 is 82.4. The summed E-state index contributed by atoms with van der Waals surface area (Å²) in [5, 5.41) is 0. The molecule has 0 amide bonds. The van der Waals surface area contributed by atoms with Crippen LogP contribution < -0.4 is 4.72 Å². The van der Waals surface area contributed by atoms with E-state index in [0.717, 1.165) is 0 Å². The Hall–Kier alpha value is -1.20. The molecule has 0 heterocycles. The van der Waals surface area contributed by atoms with Gasteiger partial charge in [-0.2, -0.15) is 4.72 Å². The Morgan fingerprint density at radius 2 is 1.57 bits per heavy atom. The van der Waals surface area contributed by atoms with Gasteiger partial charge in [0.25, 0.3) is 0 Å². The van der Waals surface area contributed by atoms with Crippen LogP contribution in [0.3, 0.4) is 0 Å². The molecule has 1 aromatic rings. The van der Waals surface area contributed by atoms with E-state index in [1.54, 1.807) is 4.72 Å². The van der Waals surface area contributed by atoms with E-state index in [9.17, 15) is 30.8 Å². The molecule has 0 unspecified atom stereocenters. The predicted molar refractivity (Wildman–Crippen MR) is 75.0 cm³/mol. The molecular weight excluding hydrogens is 410 g/mol. The molecule has 1 aromatic carbocycles. The quantitative estimate of drug-likeness (QED) is 0.351. The van der Waals surface area contributed by atoms with Gasteiger partial charge in [0.05, 0.1) is 4.47 Å². The lowest BCUT2D eigenvalue weighted by molar-refractivity contribution is -0.153. The molecule has 1 N–H and O–H groups in total. The second-order valence-electron chi connectivity index (χ2n) is 5.31. The highest BCUT2D eigenvalue weighted by Gasteiger charge is 2.32. The van der Waals surface area contributed by atoms with E-state index in [4.69, 9.17) is 4.74 Å². The summed E-state index contributed by atoms with van der Waals surface area (Å²) in [6.07, 6.45) is 0. The van der Waals surface area contributed by atoms with Gasteiger partial charge in [0.1, 0.15) is 17.0 Å². The molecule has 0 bridgehead atoms. The highest BCUT2D eigenvalue weighted by Crippen LogP contribution is 2.31. The third-order valence-corrected chi connectivity index (χ3v) is 4.72. The van der Waals surface area contributed by atoms with Crippen LogP contribution in [0.15, 0.2) is 9.37 Å². The van der Waals surface area contributed by atoms with Crippen molar-refractivity contribution in [2.24, 2.45) is 0 Å². The van der Waals surface area contributed by atoms with Gasteiger partial charge in [-0.3, -0.25) is 4.79 Å². The molecule has 130 valence electrons. The van der Waals surface area contributed by atoms with E-state index in [1.165, 1.54) is 20.8 Å². The van der Waals surface area contributed by atoms with Crippen LogP contribution in [0.2, 0.25) is 0 Å². The molecule has 5 nitrogen and oxygen atoms in total. The lowest BCUT2D eigenvalue weighted by Crippen LogP contribution is -2.35. The van der Waals surface area contributed by atoms with Gasteiger partial charge in [-0.25, -0.2) is 26.0 Å². The fourth-order valence-corrected chi connectivity index (χ4v) is 3.52. The largest absolute Gasteiger partial charge is 0.459 e. The van der Waals surface area contributed by atoms with Gasteiger partial charge in [-0.05, 0) is 36.7 Å². The molecule has 0 spiro atoms. The van der Waals surface area contributed by atoms with Crippen molar-refractivity contribution in [1.29, 1.82) is 0 Å². The van der Waals surface area contributed by atoms with Crippen molar-refractivity contribution in [3.63, 3.8) is 0 Å². The monoisotopic (exact) mass is 421 g/mol. The fourth-order valence-electron chi connectivity index (χ4n) is 1.42. The van der Waals surface area contributed by atoms with Gasteiger partial charge in [-0.1, -0.05) is 0 Å². The first-order valence-electron chi connectivity index (χ1n) is 6.01. The first-order chi connectivity index (χ1) is 10.3. The van der Waals surface area contributed by atoms with Gasteiger partial charge in [-0.15, -0.1) is 0 Å². The van der Waals surface area contributed by atoms with E-state index in [1.807, 2.05) is 0 Å². The van der Waals surface area contributed by atoms with E-state index < -0.39 is 60.8 Å². The summed E-state index contributed by atoms with van der Waals surface area (Å²) in [6.45, 7) is 3.67. The SMILES string of the molecule is CC(C)(C)OC(=O)CNS(=O)(=O)c1c(F)c(F)c(F)c(F)c1Br. The van der Waals surface area contributed by atoms with Crippen LogP contribution in [0.4, 0.5) is 17.6 Å². The molecule has 23 heavy (non-hydrogen) atoms. The summed E-state index contributed by atoms with van der Waals surface area (Å²) >= 11 is 2.35. The second kappa shape index (κ2) is 6.73. The van der Waals surface area contributed by atoms with Gasteiger partial charge in [0.15, 0.2) is 23.3 Å². The third-order valence-electron chi connectivity index (χ3n) is 2.26. The zero-order valence-corrected chi connectivity index (χ0v) is 14.5. The van der Waals surface area contributed by atoms with E-state index >= 15 is 0 Å². The highest BCUT2D eigenvalue weighted by atomic mass is 79.9. The molecule has 1 rings (SSSR count). The van der Waals surface area contributed by atoms with E-state index in [2.05, 4.69) is 15.9 Å². The number of halogens is 5. The number of rotatable bonds is 4. The number of hydrogen-bond donors (Lipinski definition) is 1. The summed E-state index contributed by atoms with van der Waals surface area (Å²) in [7, 11) is -4.85. The zero-order valence-electron chi connectivity index (χ0n) is 12.1. The maximum Gasteiger partial charge on any atom is 0.321 e. The summed E-state index contributed by atoms with van der Waals surface area (Å²) in [5.41, 5.74) is -0.900. The number of sulfonamides is 1. The van der Waals surface area contributed by atoms with Gasteiger partial charge in [0, 0.05) is 0 Å². The van der Waals surface area contributed by atoms with Crippen LogP contribution in [0, 0.1) is 23.3 Å². The lowest BCUT2D eigenvalue weighted by Gasteiger charge is -2.19. The van der Waals surface area contributed by atoms with Crippen LogP contribution in [0.1, 0.15) is 20.8 Å². The van der Waals surface area contributed by atoms with Crippen molar-refractivity contribution < 1.29 is 35.5 Å². The first kappa shape index (κ1) is 19.8. The topological polar surface area (TPSA) is 72.5 Å². The minimum absolute atomic E-state index is 0.900. The molecule has 0 fully saturated rings. The van der Waals surface area contributed by atoms with Crippen molar-refractivity contribution in [2.45, 2.75) is 31.3 Å². The highest BCUT2D eigenvalue weighted by molar-refractivity contribution is 9.10. The maximum atomic E-state index is 13.6. The average molecular weight is 422 g/mol. The lowest BCUT2D eigenvalue weighted by atomic mass is 10.2. The number of hydrogen-bond acceptors (Lipinski definition) is 4. The number of esters is 1. The Labute approximate surface area is 138 Å². The Bertz CT molecular complexity index is 717. The Morgan fingerprint density at radius 1 is 1.09 bits per heavy atom. The number of ether oxygens (including phenoxy) is 1. The molecule has 0 aliphatic heterocycles. The maximum absolute atomic E-state index is 13.6. The van der Waals surface area contributed by atoms with E-state index in [-0.39, 0.29) is 0 Å². The standard InChI is InChI=1S/C12H12BrF4NO4S/c1-12(2,3)22-5(19)4-18-23(20,21)11-6(13)7(14)8(15)9(16)10(11)17/h18H,4H2,1-3H3. The molecule has 0 saturated carbocycles. The molecule has 11 heteroatoms. The number of carbonyl (C=O) groups excluding carboxylic acids is 1. The average Bonchev–Trinajstić information content (AvgIpc) is 2.39. The number of nitrogens with one attached hydrogen (secondary N) is 1. The van der Waals surface area contributed by atoms with Gasteiger partial charge in [0.2, 0.25) is 10.0 Å². The van der Waals surface area contributed by atoms with Crippen molar-refractivity contribution in [3.8, 4) is 0 Å². The fraction of sp³-hybridized carbons (Fsp3) is 0.417. The van der Waals surface area contributed by atoms with Crippen molar-refractivity contribution in [1.82, 2.24) is 4.72 Å². The molecule has 0 saturated heterocycles. The molecule has 0 aromatic heterocycles. The smallest absolute Gasteiger partial charge is 0.321 e. The zero-order chi connectivity index (χ0) is 18.2. The van der Waals surface area contributed by atoms with Crippen LogP contribution in [-0.2, 0) is 19.6 Å². The molecule has 0 radical (unpaired) electrons. The van der Waals surface area contributed by atoms with E-state index in [0.29, 0.717) is 0 Å². The van der Waals surface area contributed by atoms with Gasteiger partial charge < -0.3 is 4.74 Å². The Morgan fingerprint density at radius 3 is 2.04 bits per heavy atom. The molecular formula is C12H12BrF4NO4S.